The van der Waals surface area contributed by atoms with Gasteiger partial charge in [0, 0.05) is 12.6 Å². The molecule has 0 N–H and O–H groups in total. The van der Waals surface area contributed by atoms with Gasteiger partial charge >= 0.3 is 0 Å². The fourth-order valence-corrected chi connectivity index (χ4v) is 2.62. The van der Waals surface area contributed by atoms with Crippen LogP contribution < -0.4 is 0 Å². The SMILES string of the molecule is CC(C)OC(C)C1CC(C)(C)CN1C. The second kappa shape index (κ2) is 4.19. The van der Waals surface area contributed by atoms with Crippen molar-refractivity contribution in [2.24, 2.45) is 5.41 Å². The molecule has 1 heterocycles. The summed E-state index contributed by atoms with van der Waals surface area (Å²) in [5.41, 5.74) is 0.452. The standard InChI is InChI=1S/C12H25NO/c1-9(2)14-10(3)11-7-12(4,5)8-13(11)6/h9-11H,7-8H2,1-6H3. The van der Waals surface area contributed by atoms with Gasteiger partial charge in [0.25, 0.3) is 0 Å². The summed E-state index contributed by atoms with van der Waals surface area (Å²) in [5, 5.41) is 0. The molecule has 2 nitrogen and oxygen atoms in total. The highest BCUT2D eigenvalue weighted by atomic mass is 16.5. The molecule has 0 spiro atoms. The minimum absolute atomic E-state index is 0.335. The van der Waals surface area contributed by atoms with Gasteiger partial charge in [0.1, 0.15) is 0 Å². The number of ether oxygens (including phenoxy) is 1. The molecule has 0 bridgehead atoms. The lowest BCUT2D eigenvalue weighted by atomic mass is 9.89. The Labute approximate surface area is 88.6 Å². The third-order valence-corrected chi connectivity index (χ3v) is 3.03. The van der Waals surface area contributed by atoms with Crippen LogP contribution in [0.3, 0.4) is 0 Å². The first-order valence-electron chi connectivity index (χ1n) is 5.67. The van der Waals surface area contributed by atoms with Crippen LogP contribution >= 0.6 is 0 Å². The van der Waals surface area contributed by atoms with Crippen LogP contribution in [0.5, 0.6) is 0 Å². The van der Waals surface area contributed by atoms with Gasteiger partial charge in [0.05, 0.1) is 12.2 Å². The Hall–Kier alpha value is -0.0800. The normalized spacial score (nSPS) is 29.8. The van der Waals surface area contributed by atoms with Crippen LogP contribution in [0.25, 0.3) is 0 Å². The van der Waals surface area contributed by atoms with Crippen molar-refractivity contribution in [1.29, 1.82) is 0 Å². The van der Waals surface area contributed by atoms with E-state index in [0.29, 0.717) is 23.7 Å². The quantitative estimate of drug-likeness (QED) is 0.692. The molecule has 0 aromatic carbocycles. The van der Waals surface area contributed by atoms with E-state index in [2.05, 4.69) is 46.6 Å². The largest absolute Gasteiger partial charge is 0.374 e. The number of hydrogen-bond donors (Lipinski definition) is 0. The van der Waals surface area contributed by atoms with E-state index < -0.39 is 0 Å². The molecule has 1 fully saturated rings. The van der Waals surface area contributed by atoms with Crippen LogP contribution in [-0.4, -0.2) is 36.7 Å². The predicted molar refractivity (Wildman–Crippen MR) is 60.5 cm³/mol. The zero-order valence-corrected chi connectivity index (χ0v) is 10.5. The fraction of sp³-hybridized carbons (Fsp3) is 1.00. The van der Waals surface area contributed by atoms with Crippen LogP contribution in [0, 0.1) is 5.41 Å². The highest BCUT2D eigenvalue weighted by molar-refractivity contribution is 4.92. The van der Waals surface area contributed by atoms with Crippen molar-refractivity contribution in [3.63, 3.8) is 0 Å². The fourth-order valence-electron chi connectivity index (χ4n) is 2.62. The highest BCUT2D eigenvalue weighted by Crippen LogP contribution is 2.34. The maximum absolute atomic E-state index is 5.86. The minimum atomic E-state index is 0.335. The first-order chi connectivity index (χ1) is 6.32. The van der Waals surface area contributed by atoms with Gasteiger partial charge in [-0.25, -0.2) is 0 Å². The highest BCUT2D eigenvalue weighted by Gasteiger charge is 2.38. The third kappa shape index (κ3) is 2.96. The molecule has 1 aliphatic heterocycles. The van der Waals surface area contributed by atoms with Crippen molar-refractivity contribution in [2.45, 2.75) is 59.3 Å². The van der Waals surface area contributed by atoms with E-state index in [1.165, 1.54) is 13.0 Å². The summed E-state index contributed by atoms with van der Waals surface area (Å²) in [4.78, 5) is 2.44. The Kier molecular flexibility index (Phi) is 3.59. The molecule has 0 radical (unpaired) electrons. The molecule has 14 heavy (non-hydrogen) atoms. The summed E-state index contributed by atoms with van der Waals surface area (Å²) >= 11 is 0. The molecule has 0 aliphatic carbocycles. The maximum atomic E-state index is 5.86. The summed E-state index contributed by atoms with van der Waals surface area (Å²) in [6.07, 6.45) is 1.93. The molecule has 2 heteroatoms. The van der Waals surface area contributed by atoms with Gasteiger partial charge in [-0.3, -0.25) is 0 Å². The lowest BCUT2D eigenvalue weighted by Crippen LogP contribution is -2.37. The predicted octanol–water partition coefficient (Wildman–Crippen LogP) is 2.53. The molecule has 0 amide bonds. The molecular formula is C12H25NO. The molecule has 1 saturated heterocycles. The van der Waals surface area contributed by atoms with Gasteiger partial charge in [-0.2, -0.15) is 0 Å². The van der Waals surface area contributed by atoms with Crippen LogP contribution in [0.4, 0.5) is 0 Å². The van der Waals surface area contributed by atoms with Gasteiger partial charge in [-0.15, -0.1) is 0 Å². The zero-order valence-electron chi connectivity index (χ0n) is 10.5. The molecule has 2 unspecified atom stereocenters. The second-order valence-corrected chi connectivity index (χ2v) is 5.74. The third-order valence-electron chi connectivity index (χ3n) is 3.03. The van der Waals surface area contributed by atoms with E-state index in [9.17, 15) is 0 Å². The van der Waals surface area contributed by atoms with E-state index >= 15 is 0 Å². The summed E-state index contributed by atoms with van der Waals surface area (Å²) in [5.74, 6) is 0. The van der Waals surface area contributed by atoms with Crippen LogP contribution in [0.2, 0.25) is 0 Å². The molecule has 0 aromatic rings. The molecule has 2 atom stereocenters. The maximum Gasteiger partial charge on any atom is 0.0705 e. The average molecular weight is 199 g/mol. The van der Waals surface area contributed by atoms with Crippen LogP contribution in [0.15, 0.2) is 0 Å². The summed E-state index contributed by atoms with van der Waals surface area (Å²) in [6, 6.07) is 0.590. The molecule has 0 saturated carbocycles. The summed E-state index contributed by atoms with van der Waals surface area (Å²) in [6.45, 7) is 12.3. The summed E-state index contributed by atoms with van der Waals surface area (Å²) in [7, 11) is 2.21. The minimum Gasteiger partial charge on any atom is -0.374 e. The van der Waals surface area contributed by atoms with E-state index in [4.69, 9.17) is 4.74 Å². The molecule has 1 aliphatic rings. The van der Waals surface area contributed by atoms with Crippen molar-refractivity contribution in [3.05, 3.63) is 0 Å². The lowest BCUT2D eigenvalue weighted by molar-refractivity contribution is -0.0204. The number of nitrogens with zero attached hydrogens (tertiary/aromatic N) is 1. The van der Waals surface area contributed by atoms with Crippen molar-refractivity contribution < 1.29 is 4.74 Å². The topological polar surface area (TPSA) is 12.5 Å². The average Bonchev–Trinajstić information content (AvgIpc) is 2.23. The Morgan fingerprint density at radius 1 is 1.29 bits per heavy atom. The number of rotatable bonds is 3. The number of likely N-dealkylation sites (tertiary alicyclic amines) is 1. The molecule has 84 valence electrons. The van der Waals surface area contributed by atoms with Gasteiger partial charge in [-0.05, 0) is 39.7 Å². The van der Waals surface area contributed by atoms with E-state index in [1.807, 2.05) is 0 Å². The Balaban J connectivity index is 2.52. The number of hydrogen-bond acceptors (Lipinski definition) is 2. The van der Waals surface area contributed by atoms with Crippen molar-refractivity contribution in [2.75, 3.05) is 13.6 Å². The zero-order chi connectivity index (χ0) is 10.9. The summed E-state index contributed by atoms with van der Waals surface area (Å²) < 4.78 is 5.86. The monoisotopic (exact) mass is 199 g/mol. The first kappa shape index (κ1) is 12.0. The van der Waals surface area contributed by atoms with E-state index in [-0.39, 0.29) is 0 Å². The Bertz CT molecular complexity index is 189. The number of likely N-dealkylation sites (N-methyl/N-ethyl adjacent to an activating group) is 1. The molecule has 1 rings (SSSR count). The van der Waals surface area contributed by atoms with Gasteiger partial charge in [0.15, 0.2) is 0 Å². The van der Waals surface area contributed by atoms with Crippen LogP contribution in [0.1, 0.15) is 41.0 Å². The molecular weight excluding hydrogens is 174 g/mol. The van der Waals surface area contributed by atoms with E-state index in [0.717, 1.165) is 0 Å². The van der Waals surface area contributed by atoms with Crippen LogP contribution in [-0.2, 0) is 4.74 Å². The van der Waals surface area contributed by atoms with Gasteiger partial charge < -0.3 is 9.64 Å². The van der Waals surface area contributed by atoms with Gasteiger partial charge in [0.2, 0.25) is 0 Å². The van der Waals surface area contributed by atoms with Gasteiger partial charge in [-0.1, -0.05) is 13.8 Å². The smallest absolute Gasteiger partial charge is 0.0705 e. The Morgan fingerprint density at radius 2 is 1.86 bits per heavy atom. The van der Waals surface area contributed by atoms with E-state index in [1.54, 1.807) is 0 Å². The van der Waals surface area contributed by atoms with Crippen molar-refractivity contribution in [3.8, 4) is 0 Å². The van der Waals surface area contributed by atoms with Crippen molar-refractivity contribution in [1.82, 2.24) is 4.90 Å². The molecule has 0 aromatic heterocycles. The lowest BCUT2D eigenvalue weighted by Gasteiger charge is -2.27. The first-order valence-corrected chi connectivity index (χ1v) is 5.67. The second-order valence-electron chi connectivity index (χ2n) is 5.74. The Morgan fingerprint density at radius 3 is 2.21 bits per heavy atom. The van der Waals surface area contributed by atoms with Crippen molar-refractivity contribution >= 4 is 0 Å².